The molecule has 0 atom stereocenters. The Morgan fingerprint density at radius 3 is 2.87 bits per heavy atom. The van der Waals surface area contributed by atoms with Crippen molar-refractivity contribution in [2.75, 3.05) is 0 Å². The van der Waals surface area contributed by atoms with Crippen molar-refractivity contribution in [2.24, 2.45) is 0 Å². The summed E-state index contributed by atoms with van der Waals surface area (Å²) in [5.74, 6) is -0.201. The van der Waals surface area contributed by atoms with Crippen LogP contribution in [0.15, 0.2) is 34.8 Å². The summed E-state index contributed by atoms with van der Waals surface area (Å²) >= 11 is 1.38. The van der Waals surface area contributed by atoms with Crippen molar-refractivity contribution < 1.29 is 13.6 Å². The second-order valence-electron chi connectivity index (χ2n) is 7.74. The second-order valence-corrected chi connectivity index (χ2v) is 8.85. The minimum atomic E-state index is -0.729. The number of hydrogen-bond donors (Lipinski definition) is 1. The predicted octanol–water partition coefficient (Wildman–Crippen LogP) is 3.86. The van der Waals surface area contributed by atoms with Gasteiger partial charge in [-0.05, 0) is 49.0 Å². The molecule has 1 fully saturated rings. The van der Waals surface area contributed by atoms with Crippen LogP contribution in [0, 0.1) is 17.1 Å². The predicted molar refractivity (Wildman–Crippen MR) is 112 cm³/mol. The summed E-state index contributed by atoms with van der Waals surface area (Å²) in [6.45, 7) is 0. The molecular weight excluding hydrogens is 417 g/mol. The van der Waals surface area contributed by atoms with E-state index in [-0.39, 0.29) is 30.5 Å². The van der Waals surface area contributed by atoms with Gasteiger partial charge in [0.2, 0.25) is 17.7 Å². The quantitative estimate of drug-likeness (QED) is 0.630. The van der Waals surface area contributed by atoms with E-state index >= 15 is 0 Å². The average molecular weight is 435 g/mol. The van der Waals surface area contributed by atoms with E-state index in [4.69, 9.17) is 9.68 Å². The molecule has 0 bridgehead atoms. The van der Waals surface area contributed by atoms with Crippen molar-refractivity contribution in [3.05, 3.63) is 58.5 Å². The zero-order valence-electron chi connectivity index (χ0n) is 16.5. The molecule has 1 N–H and O–H groups in total. The Bertz CT molecular complexity index is 1280. The number of hydrogen-bond acceptors (Lipinski definition) is 7. The summed E-state index contributed by atoms with van der Waals surface area (Å²) < 4.78 is 21.0. The molecule has 2 heterocycles. The monoisotopic (exact) mass is 435 g/mol. The van der Waals surface area contributed by atoms with E-state index < -0.39 is 5.54 Å². The van der Waals surface area contributed by atoms with E-state index in [0.717, 1.165) is 28.7 Å². The van der Waals surface area contributed by atoms with Crippen LogP contribution in [0.2, 0.25) is 0 Å². The Kier molecular flexibility index (Phi) is 4.87. The number of benzene rings is 1. The van der Waals surface area contributed by atoms with Crippen molar-refractivity contribution in [3.8, 4) is 6.07 Å². The van der Waals surface area contributed by atoms with Crippen LogP contribution in [0.5, 0.6) is 0 Å². The summed E-state index contributed by atoms with van der Waals surface area (Å²) in [5, 5.41) is 20.3. The highest BCUT2D eigenvalue weighted by molar-refractivity contribution is 7.18. The first-order valence-electron chi connectivity index (χ1n) is 10.0. The molecule has 0 saturated heterocycles. The fourth-order valence-electron chi connectivity index (χ4n) is 3.50. The summed E-state index contributed by atoms with van der Waals surface area (Å²) in [6.07, 6.45) is 9.67. The average Bonchev–Trinajstić information content (AvgIpc) is 3.19. The molecule has 2 aromatic heterocycles. The van der Waals surface area contributed by atoms with E-state index in [1.165, 1.54) is 17.4 Å². The molecule has 1 saturated carbocycles. The number of amides is 1. The van der Waals surface area contributed by atoms with Gasteiger partial charge >= 0.3 is 0 Å². The summed E-state index contributed by atoms with van der Waals surface area (Å²) in [4.78, 5) is 16.5. The first kappa shape index (κ1) is 19.6. The fraction of sp³-hybridized carbons (Fsp3) is 0.318. The molecule has 0 radical (unpaired) electrons. The second kappa shape index (κ2) is 7.71. The van der Waals surface area contributed by atoms with E-state index in [2.05, 4.69) is 38.7 Å². The molecule has 3 aromatic rings. The molecular formula is C22H18FN5O2S. The Hall–Kier alpha value is -3.38. The maximum atomic E-state index is 14.6. The van der Waals surface area contributed by atoms with Crippen LogP contribution in [0.1, 0.15) is 48.0 Å². The van der Waals surface area contributed by atoms with Gasteiger partial charge in [0.1, 0.15) is 22.5 Å². The topological polar surface area (TPSA) is 105 Å². The van der Waals surface area contributed by atoms with Crippen molar-refractivity contribution in [1.29, 1.82) is 5.26 Å². The Labute approximate surface area is 181 Å². The third-order valence-electron chi connectivity index (χ3n) is 5.29. The molecule has 0 aliphatic heterocycles. The molecule has 1 aromatic carbocycles. The molecule has 5 rings (SSSR count). The van der Waals surface area contributed by atoms with Gasteiger partial charge in [0.05, 0.1) is 17.2 Å². The van der Waals surface area contributed by atoms with Gasteiger partial charge in [-0.15, -0.1) is 21.5 Å². The van der Waals surface area contributed by atoms with Crippen molar-refractivity contribution in [2.45, 2.75) is 44.1 Å². The number of nitriles is 1. The SMILES string of the molecule is N#CC1(NC(=O)Cc2nnc(Cc3nc4c(F)cc(C5=CCCC=C5)cc4s3)o2)CC1. The highest BCUT2D eigenvalue weighted by Gasteiger charge is 2.44. The number of carbonyl (C=O) groups excluding carboxylic acids is 1. The van der Waals surface area contributed by atoms with Crippen LogP contribution < -0.4 is 5.32 Å². The molecule has 2 aliphatic carbocycles. The van der Waals surface area contributed by atoms with Crippen LogP contribution >= 0.6 is 11.3 Å². The van der Waals surface area contributed by atoms with Crippen LogP contribution in [-0.2, 0) is 17.6 Å². The van der Waals surface area contributed by atoms with Crippen molar-refractivity contribution in [1.82, 2.24) is 20.5 Å². The highest BCUT2D eigenvalue weighted by Crippen LogP contribution is 2.34. The minimum absolute atomic E-state index is 0.0864. The number of nitrogens with one attached hydrogen (secondary N) is 1. The first-order chi connectivity index (χ1) is 15.0. The first-order valence-corrected chi connectivity index (χ1v) is 10.8. The molecule has 31 heavy (non-hydrogen) atoms. The molecule has 0 unspecified atom stereocenters. The zero-order chi connectivity index (χ0) is 21.4. The number of allylic oxidation sites excluding steroid dienone is 4. The molecule has 7 nitrogen and oxygen atoms in total. The number of fused-ring (bicyclic) bond motifs is 1. The van der Waals surface area contributed by atoms with Crippen molar-refractivity contribution in [3.63, 3.8) is 0 Å². The Balaban J connectivity index is 1.30. The molecule has 1 amide bonds. The lowest BCUT2D eigenvalue weighted by atomic mass is 9.99. The van der Waals surface area contributed by atoms with Gasteiger partial charge in [0.15, 0.2) is 5.82 Å². The largest absolute Gasteiger partial charge is 0.424 e. The molecule has 2 aliphatic rings. The summed E-state index contributed by atoms with van der Waals surface area (Å²) in [6, 6.07) is 5.58. The number of thiazole rings is 1. The number of rotatable bonds is 6. The molecule has 156 valence electrons. The van der Waals surface area contributed by atoms with Crippen molar-refractivity contribution >= 4 is 33.0 Å². The lowest BCUT2D eigenvalue weighted by Gasteiger charge is -2.07. The van der Waals surface area contributed by atoms with Gasteiger partial charge in [-0.3, -0.25) is 4.79 Å². The molecule has 9 heteroatoms. The lowest BCUT2D eigenvalue weighted by Crippen LogP contribution is -2.36. The van der Waals surface area contributed by atoms with Gasteiger partial charge in [0, 0.05) is 0 Å². The third-order valence-corrected chi connectivity index (χ3v) is 6.29. The zero-order valence-corrected chi connectivity index (χ0v) is 17.3. The number of carbonyl (C=O) groups is 1. The number of nitrogens with zero attached hydrogens (tertiary/aromatic N) is 4. The maximum Gasteiger partial charge on any atom is 0.230 e. The van der Waals surface area contributed by atoms with Gasteiger partial charge in [-0.25, -0.2) is 9.37 Å². The van der Waals surface area contributed by atoms with Crippen LogP contribution in [0.25, 0.3) is 15.8 Å². The standard InChI is InChI=1S/C22H18FN5O2S/c23-15-8-14(13-4-2-1-3-5-13)9-16-21(15)25-20(31-16)11-19-28-27-18(30-19)10-17(29)26-22(12-24)6-7-22/h2,4-5,8-9H,1,3,6-7,10-11H2,(H,26,29). The third kappa shape index (κ3) is 4.11. The smallest absolute Gasteiger partial charge is 0.230 e. The highest BCUT2D eigenvalue weighted by atomic mass is 32.1. The van der Waals surface area contributed by atoms with Gasteiger partial charge < -0.3 is 9.73 Å². The number of halogens is 1. The summed E-state index contributed by atoms with van der Waals surface area (Å²) in [5.41, 5.74) is 1.46. The van der Waals surface area contributed by atoms with Gasteiger partial charge in [0.25, 0.3) is 0 Å². The van der Waals surface area contributed by atoms with Crippen LogP contribution in [0.3, 0.4) is 0 Å². The van der Waals surface area contributed by atoms with E-state index in [0.29, 0.717) is 29.3 Å². The van der Waals surface area contributed by atoms with Gasteiger partial charge in [-0.2, -0.15) is 5.26 Å². The van der Waals surface area contributed by atoms with Gasteiger partial charge in [-0.1, -0.05) is 18.2 Å². The normalized spacial score (nSPS) is 16.7. The van der Waals surface area contributed by atoms with E-state index in [1.54, 1.807) is 0 Å². The number of aromatic nitrogens is 3. The maximum absolute atomic E-state index is 14.6. The molecule has 0 spiro atoms. The Morgan fingerprint density at radius 1 is 1.29 bits per heavy atom. The van der Waals surface area contributed by atoms with E-state index in [1.807, 2.05) is 12.1 Å². The van der Waals surface area contributed by atoms with E-state index in [9.17, 15) is 9.18 Å². The lowest BCUT2D eigenvalue weighted by molar-refractivity contribution is -0.121. The fourth-order valence-corrected chi connectivity index (χ4v) is 4.52. The van der Waals surface area contributed by atoms with Crippen LogP contribution in [0.4, 0.5) is 4.39 Å². The minimum Gasteiger partial charge on any atom is -0.424 e. The Morgan fingerprint density at radius 2 is 2.13 bits per heavy atom. The van der Waals surface area contributed by atoms with Crippen LogP contribution in [-0.4, -0.2) is 26.6 Å². The summed E-state index contributed by atoms with van der Waals surface area (Å²) in [7, 11) is 0.